The number of piperidine rings is 1. The van der Waals surface area contributed by atoms with E-state index in [1.54, 1.807) is 12.4 Å². The molecule has 0 aromatic carbocycles. The Morgan fingerprint density at radius 3 is 2.83 bits per heavy atom. The number of imidazole rings is 1. The van der Waals surface area contributed by atoms with Gasteiger partial charge in [0.15, 0.2) is 0 Å². The Hall–Kier alpha value is -2.11. The summed E-state index contributed by atoms with van der Waals surface area (Å²) in [6.45, 7) is 1.53. The summed E-state index contributed by atoms with van der Waals surface area (Å²) >= 11 is 0. The average Bonchev–Trinajstić information content (AvgIpc) is 3.11. The van der Waals surface area contributed by atoms with E-state index in [-0.39, 0.29) is 5.91 Å². The highest BCUT2D eigenvalue weighted by Crippen LogP contribution is 2.22. The lowest BCUT2D eigenvalue weighted by molar-refractivity contribution is 0.0684. The normalized spacial score (nSPS) is 17.0. The quantitative estimate of drug-likeness (QED) is 0.861. The monoisotopic (exact) mass is 245 g/mol. The van der Waals surface area contributed by atoms with Gasteiger partial charge in [0.05, 0.1) is 18.6 Å². The van der Waals surface area contributed by atoms with Crippen LogP contribution in [0, 0.1) is 0 Å². The standard InChI is InChI=1S/C12H15N5O/c18-12(11-8-13-9-14-11)16-6-2-10(3-7-16)17-5-1-4-15-17/h1,4-5,8-10H,2-3,6-7H2,(H,13,14). The van der Waals surface area contributed by atoms with E-state index in [9.17, 15) is 4.79 Å². The molecule has 0 radical (unpaired) electrons. The first-order valence-corrected chi connectivity index (χ1v) is 6.11. The molecule has 6 heteroatoms. The van der Waals surface area contributed by atoms with Gasteiger partial charge in [-0.3, -0.25) is 9.48 Å². The molecule has 0 unspecified atom stereocenters. The average molecular weight is 245 g/mol. The highest BCUT2D eigenvalue weighted by atomic mass is 16.2. The number of hydrogen-bond acceptors (Lipinski definition) is 3. The van der Waals surface area contributed by atoms with Gasteiger partial charge in [-0.25, -0.2) is 4.98 Å². The van der Waals surface area contributed by atoms with Crippen molar-refractivity contribution >= 4 is 5.91 Å². The van der Waals surface area contributed by atoms with Crippen LogP contribution in [0.1, 0.15) is 29.4 Å². The summed E-state index contributed by atoms with van der Waals surface area (Å²) in [5, 5.41) is 4.26. The van der Waals surface area contributed by atoms with Gasteiger partial charge in [0.25, 0.3) is 5.91 Å². The maximum Gasteiger partial charge on any atom is 0.271 e. The van der Waals surface area contributed by atoms with E-state index >= 15 is 0 Å². The molecule has 18 heavy (non-hydrogen) atoms. The van der Waals surface area contributed by atoms with Crippen molar-refractivity contribution in [2.24, 2.45) is 0 Å². The number of carbonyl (C=O) groups is 1. The van der Waals surface area contributed by atoms with Crippen LogP contribution in [0.2, 0.25) is 0 Å². The van der Waals surface area contributed by atoms with E-state index < -0.39 is 0 Å². The maximum absolute atomic E-state index is 12.1. The van der Waals surface area contributed by atoms with E-state index in [0.717, 1.165) is 25.9 Å². The van der Waals surface area contributed by atoms with Crippen molar-refractivity contribution in [3.8, 4) is 0 Å². The van der Waals surface area contributed by atoms with Gasteiger partial charge in [-0.2, -0.15) is 5.10 Å². The lowest BCUT2D eigenvalue weighted by atomic mass is 10.1. The van der Waals surface area contributed by atoms with Gasteiger partial charge in [-0.1, -0.05) is 0 Å². The zero-order chi connectivity index (χ0) is 12.4. The molecule has 1 aliphatic heterocycles. The highest BCUT2D eigenvalue weighted by molar-refractivity contribution is 5.92. The number of nitrogens with zero attached hydrogens (tertiary/aromatic N) is 4. The molecule has 6 nitrogen and oxygen atoms in total. The Morgan fingerprint density at radius 1 is 1.39 bits per heavy atom. The van der Waals surface area contributed by atoms with Crippen molar-refractivity contribution in [3.63, 3.8) is 0 Å². The number of likely N-dealkylation sites (tertiary alicyclic amines) is 1. The predicted octanol–water partition coefficient (Wildman–Crippen LogP) is 1.08. The number of aromatic nitrogens is 4. The molecule has 0 bridgehead atoms. The minimum atomic E-state index is 0.0337. The number of amides is 1. The second-order valence-electron chi connectivity index (χ2n) is 4.47. The summed E-state index contributed by atoms with van der Waals surface area (Å²) in [7, 11) is 0. The van der Waals surface area contributed by atoms with Crippen LogP contribution in [-0.2, 0) is 0 Å². The van der Waals surface area contributed by atoms with Gasteiger partial charge in [0.1, 0.15) is 5.69 Å². The minimum Gasteiger partial charge on any atom is -0.341 e. The number of H-pyrrole nitrogens is 1. The number of nitrogens with one attached hydrogen (secondary N) is 1. The molecule has 1 saturated heterocycles. The lowest BCUT2D eigenvalue weighted by Crippen LogP contribution is -2.39. The molecule has 0 aliphatic carbocycles. The van der Waals surface area contributed by atoms with Crippen molar-refractivity contribution in [2.45, 2.75) is 18.9 Å². The smallest absolute Gasteiger partial charge is 0.271 e. The number of aromatic amines is 1. The van der Waals surface area contributed by atoms with Crippen LogP contribution >= 0.6 is 0 Å². The number of rotatable bonds is 2. The van der Waals surface area contributed by atoms with Crippen molar-refractivity contribution in [1.29, 1.82) is 0 Å². The van der Waals surface area contributed by atoms with Crippen molar-refractivity contribution in [2.75, 3.05) is 13.1 Å². The third-order valence-corrected chi connectivity index (χ3v) is 3.38. The second kappa shape index (κ2) is 4.64. The Morgan fingerprint density at radius 2 is 2.22 bits per heavy atom. The van der Waals surface area contributed by atoms with Crippen molar-refractivity contribution in [3.05, 3.63) is 36.7 Å². The first-order valence-electron chi connectivity index (χ1n) is 6.11. The maximum atomic E-state index is 12.1. The summed E-state index contributed by atoms with van der Waals surface area (Å²) in [4.78, 5) is 20.7. The first kappa shape index (κ1) is 11.0. The third-order valence-electron chi connectivity index (χ3n) is 3.38. The molecule has 1 aliphatic rings. The topological polar surface area (TPSA) is 66.8 Å². The van der Waals surface area contributed by atoms with Crippen LogP contribution in [0.25, 0.3) is 0 Å². The first-order chi connectivity index (χ1) is 8.84. The van der Waals surface area contributed by atoms with E-state index in [1.165, 1.54) is 6.33 Å². The highest BCUT2D eigenvalue weighted by Gasteiger charge is 2.25. The van der Waals surface area contributed by atoms with Crippen LogP contribution in [0.5, 0.6) is 0 Å². The molecule has 1 N–H and O–H groups in total. The Kier molecular flexibility index (Phi) is 2.84. The molecule has 2 aromatic heterocycles. The van der Waals surface area contributed by atoms with E-state index in [2.05, 4.69) is 15.1 Å². The SMILES string of the molecule is O=C(c1cnc[nH]1)N1CCC(n2cccn2)CC1. The number of carbonyl (C=O) groups excluding carboxylic acids is 1. The molecular weight excluding hydrogens is 230 g/mol. The fraction of sp³-hybridized carbons (Fsp3) is 0.417. The summed E-state index contributed by atoms with van der Waals surface area (Å²) in [5.41, 5.74) is 0.563. The van der Waals surface area contributed by atoms with Gasteiger partial charge in [-0.05, 0) is 18.9 Å². The van der Waals surface area contributed by atoms with E-state index in [1.807, 2.05) is 21.8 Å². The van der Waals surface area contributed by atoms with Crippen LogP contribution in [-0.4, -0.2) is 43.6 Å². The Bertz CT molecular complexity index is 497. The number of hydrogen-bond donors (Lipinski definition) is 1. The van der Waals surface area contributed by atoms with Crippen LogP contribution in [0.3, 0.4) is 0 Å². The predicted molar refractivity (Wildman–Crippen MR) is 65.0 cm³/mol. The van der Waals surface area contributed by atoms with Crippen molar-refractivity contribution in [1.82, 2.24) is 24.6 Å². The summed E-state index contributed by atoms with van der Waals surface area (Å²) in [5.74, 6) is 0.0337. The molecule has 1 fully saturated rings. The van der Waals surface area contributed by atoms with Crippen LogP contribution in [0.15, 0.2) is 31.0 Å². The molecule has 3 rings (SSSR count). The van der Waals surface area contributed by atoms with E-state index in [4.69, 9.17) is 0 Å². The lowest BCUT2D eigenvalue weighted by Gasteiger charge is -2.31. The second-order valence-corrected chi connectivity index (χ2v) is 4.47. The van der Waals surface area contributed by atoms with Gasteiger partial charge in [0, 0.05) is 25.5 Å². The molecule has 2 aromatic rings. The van der Waals surface area contributed by atoms with Gasteiger partial charge >= 0.3 is 0 Å². The largest absolute Gasteiger partial charge is 0.341 e. The van der Waals surface area contributed by atoms with Crippen LogP contribution in [0.4, 0.5) is 0 Å². The minimum absolute atomic E-state index is 0.0337. The molecule has 0 saturated carbocycles. The van der Waals surface area contributed by atoms with Gasteiger partial charge < -0.3 is 9.88 Å². The van der Waals surface area contributed by atoms with Crippen LogP contribution < -0.4 is 0 Å². The van der Waals surface area contributed by atoms with E-state index in [0.29, 0.717) is 11.7 Å². The Balaban J connectivity index is 1.62. The summed E-state index contributed by atoms with van der Waals surface area (Å²) < 4.78 is 1.98. The van der Waals surface area contributed by atoms with Gasteiger partial charge in [0.2, 0.25) is 0 Å². The van der Waals surface area contributed by atoms with Gasteiger partial charge in [-0.15, -0.1) is 0 Å². The fourth-order valence-corrected chi connectivity index (χ4v) is 2.37. The summed E-state index contributed by atoms with van der Waals surface area (Å²) in [6, 6.07) is 2.34. The zero-order valence-electron chi connectivity index (χ0n) is 9.99. The zero-order valence-corrected chi connectivity index (χ0v) is 9.99. The third kappa shape index (κ3) is 2.01. The fourth-order valence-electron chi connectivity index (χ4n) is 2.37. The Labute approximate surface area is 105 Å². The molecular formula is C12H15N5O. The molecule has 94 valence electrons. The molecule has 0 atom stereocenters. The molecule has 3 heterocycles. The summed E-state index contributed by atoms with van der Waals surface area (Å²) in [6.07, 6.45) is 8.77. The molecule has 1 amide bonds. The molecule has 0 spiro atoms. The van der Waals surface area contributed by atoms with Crippen molar-refractivity contribution < 1.29 is 4.79 Å².